The first-order valence-corrected chi connectivity index (χ1v) is 6.85. The Morgan fingerprint density at radius 1 is 1.14 bits per heavy atom. The maximum atomic E-state index is 12.5. The van der Waals surface area contributed by atoms with E-state index in [4.69, 9.17) is 4.74 Å². The van der Waals surface area contributed by atoms with Crippen LogP contribution >= 0.6 is 0 Å². The number of rotatable bonds is 2. The molecule has 3 fully saturated rings. The molecule has 0 spiro atoms. The summed E-state index contributed by atoms with van der Waals surface area (Å²) in [5, 5.41) is 10.8. The summed E-state index contributed by atoms with van der Waals surface area (Å²) >= 11 is 0. The monoisotopic (exact) mass is 288 g/mol. The highest BCUT2D eigenvalue weighted by atomic mass is 16.6. The van der Waals surface area contributed by atoms with Gasteiger partial charge in [0.2, 0.25) is 11.8 Å². The minimum atomic E-state index is -0.540. The van der Waals surface area contributed by atoms with Gasteiger partial charge < -0.3 is 4.74 Å². The molecular weight excluding hydrogens is 276 g/mol. The molecule has 0 saturated carbocycles. The predicted octanol–water partition coefficient (Wildman–Crippen LogP) is 1.26. The highest BCUT2D eigenvalue weighted by Gasteiger charge is 2.62. The molecule has 0 N–H and O–H groups in total. The van der Waals surface area contributed by atoms with Gasteiger partial charge in [-0.2, -0.15) is 0 Å². The molecule has 0 aliphatic carbocycles. The van der Waals surface area contributed by atoms with E-state index >= 15 is 0 Å². The van der Waals surface area contributed by atoms with Gasteiger partial charge in [0.25, 0.3) is 5.69 Å². The molecule has 4 rings (SSSR count). The molecule has 0 aromatic heterocycles. The van der Waals surface area contributed by atoms with Gasteiger partial charge in [-0.25, -0.2) is 4.90 Å². The van der Waals surface area contributed by atoms with Gasteiger partial charge in [0.15, 0.2) is 0 Å². The van der Waals surface area contributed by atoms with Gasteiger partial charge in [-0.05, 0) is 18.9 Å². The number of carbonyl (C=O) groups excluding carboxylic acids is 2. The van der Waals surface area contributed by atoms with E-state index < -0.39 is 16.8 Å². The first-order chi connectivity index (χ1) is 10.1. The van der Waals surface area contributed by atoms with E-state index in [0.29, 0.717) is 0 Å². The Balaban J connectivity index is 1.73. The van der Waals surface area contributed by atoms with Crippen molar-refractivity contribution < 1.29 is 19.2 Å². The molecule has 3 aliphatic rings. The van der Waals surface area contributed by atoms with Crippen LogP contribution in [0.25, 0.3) is 0 Å². The van der Waals surface area contributed by atoms with Crippen molar-refractivity contribution in [1.82, 2.24) is 0 Å². The van der Waals surface area contributed by atoms with Crippen LogP contribution in [0.5, 0.6) is 0 Å². The van der Waals surface area contributed by atoms with E-state index in [1.807, 2.05) is 0 Å². The first-order valence-electron chi connectivity index (χ1n) is 6.85. The van der Waals surface area contributed by atoms with Gasteiger partial charge in [0.1, 0.15) is 0 Å². The highest BCUT2D eigenvalue weighted by molar-refractivity contribution is 6.22. The van der Waals surface area contributed by atoms with E-state index in [2.05, 4.69) is 0 Å². The van der Waals surface area contributed by atoms with Gasteiger partial charge in [-0.1, -0.05) is 6.07 Å². The normalized spacial score (nSPS) is 33.6. The number of benzene rings is 1. The fourth-order valence-corrected chi connectivity index (χ4v) is 3.71. The number of nitrogens with zero attached hydrogens (tertiary/aromatic N) is 2. The average Bonchev–Trinajstić information content (AvgIpc) is 3.13. The largest absolute Gasteiger partial charge is 0.373 e. The van der Waals surface area contributed by atoms with Crippen molar-refractivity contribution in [2.24, 2.45) is 11.8 Å². The molecule has 3 heterocycles. The minimum absolute atomic E-state index is 0.135. The molecule has 7 heteroatoms. The predicted molar refractivity (Wildman–Crippen MR) is 70.5 cm³/mol. The first kappa shape index (κ1) is 12.5. The van der Waals surface area contributed by atoms with Gasteiger partial charge in [-0.15, -0.1) is 0 Å². The molecule has 4 atom stereocenters. The Morgan fingerprint density at radius 2 is 1.76 bits per heavy atom. The zero-order valence-corrected chi connectivity index (χ0v) is 11.0. The highest BCUT2D eigenvalue weighted by Crippen LogP contribution is 2.49. The molecule has 0 radical (unpaired) electrons. The van der Waals surface area contributed by atoms with Crippen molar-refractivity contribution in [1.29, 1.82) is 0 Å². The van der Waals surface area contributed by atoms with E-state index in [1.165, 1.54) is 18.2 Å². The molecule has 108 valence electrons. The van der Waals surface area contributed by atoms with Crippen LogP contribution < -0.4 is 4.90 Å². The summed E-state index contributed by atoms with van der Waals surface area (Å²) in [6, 6.07) is 5.63. The number of hydrogen-bond acceptors (Lipinski definition) is 5. The third-order valence-corrected chi connectivity index (χ3v) is 4.58. The summed E-state index contributed by atoms with van der Waals surface area (Å²) in [5.74, 6) is -1.43. The lowest BCUT2D eigenvalue weighted by atomic mass is 9.81. The molecular formula is C14H12N2O5. The van der Waals surface area contributed by atoms with Crippen LogP contribution in [0.2, 0.25) is 0 Å². The van der Waals surface area contributed by atoms with Crippen LogP contribution in [-0.4, -0.2) is 28.9 Å². The topological polar surface area (TPSA) is 89.8 Å². The molecule has 2 bridgehead atoms. The molecule has 2 amide bonds. The second-order valence-corrected chi connectivity index (χ2v) is 5.63. The molecule has 1 aromatic carbocycles. The summed E-state index contributed by atoms with van der Waals surface area (Å²) in [6.07, 6.45) is 1.24. The number of ether oxygens (including phenoxy) is 1. The second-order valence-electron chi connectivity index (χ2n) is 5.63. The number of imide groups is 1. The van der Waals surface area contributed by atoms with Gasteiger partial charge in [0.05, 0.1) is 34.7 Å². The average molecular weight is 288 g/mol. The van der Waals surface area contributed by atoms with Crippen molar-refractivity contribution >= 4 is 23.2 Å². The summed E-state index contributed by atoms with van der Waals surface area (Å²) in [4.78, 5) is 36.4. The molecule has 21 heavy (non-hydrogen) atoms. The number of amides is 2. The van der Waals surface area contributed by atoms with Crippen LogP contribution in [-0.2, 0) is 14.3 Å². The zero-order chi connectivity index (χ0) is 14.7. The Morgan fingerprint density at radius 3 is 2.33 bits per heavy atom. The van der Waals surface area contributed by atoms with Crippen molar-refractivity contribution in [3.05, 3.63) is 34.4 Å². The minimum Gasteiger partial charge on any atom is -0.373 e. The van der Waals surface area contributed by atoms with Crippen LogP contribution in [0.3, 0.4) is 0 Å². The van der Waals surface area contributed by atoms with Crippen LogP contribution in [0, 0.1) is 22.0 Å². The molecule has 1 aromatic rings. The van der Waals surface area contributed by atoms with Gasteiger partial charge >= 0.3 is 0 Å². The Hall–Kier alpha value is -2.28. The van der Waals surface area contributed by atoms with E-state index in [1.54, 1.807) is 6.07 Å². The number of anilines is 1. The smallest absolute Gasteiger partial charge is 0.271 e. The fourth-order valence-electron chi connectivity index (χ4n) is 3.71. The standard InChI is InChI=1S/C14H12N2O5/c17-13-11-9-4-5-10(21-9)12(11)14(18)15(13)7-2-1-3-8(6-7)16(19)20/h1-3,6,9-12H,4-5H2/t9-,10-,11-,12-/m1/s1. The lowest BCUT2D eigenvalue weighted by Crippen LogP contribution is -2.34. The van der Waals surface area contributed by atoms with E-state index in [-0.39, 0.29) is 35.4 Å². The number of carbonyl (C=O) groups is 2. The third kappa shape index (κ3) is 1.58. The quantitative estimate of drug-likeness (QED) is 0.464. The number of non-ortho nitro benzene ring substituents is 1. The Kier molecular flexibility index (Phi) is 2.44. The molecule has 7 nitrogen and oxygen atoms in total. The number of fused-ring (bicyclic) bond motifs is 5. The van der Waals surface area contributed by atoms with Crippen molar-refractivity contribution in [3.63, 3.8) is 0 Å². The maximum absolute atomic E-state index is 12.5. The fraction of sp³-hybridized carbons (Fsp3) is 0.429. The van der Waals surface area contributed by atoms with Crippen LogP contribution in [0.4, 0.5) is 11.4 Å². The summed E-state index contributed by atoms with van der Waals surface area (Å²) in [6.45, 7) is 0. The maximum Gasteiger partial charge on any atom is 0.271 e. The Bertz CT molecular complexity index is 645. The summed E-state index contributed by atoms with van der Waals surface area (Å²) in [7, 11) is 0. The zero-order valence-electron chi connectivity index (χ0n) is 11.0. The van der Waals surface area contributed by atoms with Gasteiger partial charge in [-0.3, -0.25) is 19.7 Å². The van der Waals surface area contributed by atoms with Crippen LogP contribution in [0.15, 0.2) is 24.3 Å². The molecule has 3 aliphatic heterocycles. The second kappa shape index (κ2) is 4.11. The molecule has 0 unspecified atom stereocenters. The summed E-state index contributed by atoms with van der Waals surface area (Å²) < 4.78 is 5.65. The molecule has 3 saturated heterocycles. The number of nitro groups is 1. The van der Waals surface area contributed by atoms with Crippen LogP contribution in [0.1, 0.15) is 12.8 Å². The van der Waals surface area contributed by atoms with E-state index in [0.717, 1.165) is 17.7 Å². The lowest BCUT2D eigenvalue weighted by Gasteiger charge is -2.17. The number of nitro benzene ring substituents is 1. The summed E-state index contributed by atoms with van der Waals surface area (Å²) in [5.41, 5.74) is 0.136. The third-order valence-electron chi connectivity index (χ3n) is 4.58. The van der Waals surface area contributed by atoms with Crippen molar-refractivity contribution in [3.8, 4) is 0 Å². The van der Waals surface area contributed by atoms with Crippen molar-refractivity contribution in [2.45, 2.75) is 25.0 Å². The lowest BCUT2D eigenvalue weighted by molar-refractivity contribution is -0.384. The van der Waals surface area contributed by atoms with Crippen molar-refractivity contribution in [2.75, 3.05) is 4.90 Å². The number of hydrogen-bond donors (Lipinski definition) is 0. The Labute approximate surface area is 119 Å². The SMILES string of the molecule is O=C1[C@H]2[C@H](C(=O)N1c1cccc([N+](=O)[O-])c1)[C@H]1CC[C@H]2O1. The van der Waals surface area contributed by atoms with E-state index in [9.17, 15) is 19.7 Å². The van der Waals surface area contributed by atoms with Gasteiger partial charge in [0, 0.05) is 12.1 Å².